The minimum absolute atomic E-state index is 0.237. The van der Waals surface area contributed by atoms with Gasteiger partial charge in [-0.25, -0.2) is 14.6 Å². The minimum Gasteiger partial charge on any atom is -0.475 e. The molecule has 3 N–H and O–H groups in total. The van der Waals surface area contributed by atoms with E-state index in [2.05, 4.69) is 25.4 Å². The molecular formula is C21H25F6N5O5S. The first-order valence-corrected chi connectivity index (χ1v) is 11.9. The molecule has 2 fully saturated rings. The van der Waals surface area contributed by atoms with E-state index >= 15 is 0 Å². The van der Waals surface area contributed by atoms with Crippen LogP contribution in [0, 0.1) is 12.8 Å². The fraction of sp³-hybridized carbons (Fsp3) is 0.571. The number of ether oxygens (including phenoxy) is 1. The Kier molecular flexibility index (Phi) is 11.2. The number of fused-ring (bicyclic) bond motifs is 1. The average Bonchev–Trinajstić information content (AvgIpc) is 3.33. The fourth-order valence-corrected chi connectivity index (χ4v) is 4.40. The predicted octanol–water partition coefficient (Wildman–Crippen LogP) is 3.60. The summed E-state index contributed by atoms with van der Waals surface area (Å²) in [7, 11) is 0. The van der Waals surface area contributed by atoms with Gasteiger partial charge in [0.05, 0.1) is 24.4 Å². The summed E-state index contributed by atoms with van der Waals surface area (Å²) in [5.74, 6) is -4.11. The fourth-order valence-electron chi connectivity index (χ4n) is 3.74. The van der Waals surface area contributed by atoms with E-state index in [-0.39, 0.29) is 12.1 Å². The molecule has 0 unspecified atom stereocenters. The lowest BCUT2D eigenvalue weighted by Crippen LogP contribution is -2.57. The second-order valence-corrected chi connectivity index (χ2v) is 9.25. The normalized spacial score (nSPS) is 21.6. The zero-order valence-corrected chi connectivity index (χ0v) is 20.7. The van der Waals surface area contributed by atoms with Gasteiger partial charge in [-0.2, -0.15) is 31.4 Å². The van der Waals surface area contributed by atoms with Crippen LogP contribution in [-0.4, -0.2) is 86.4 Å². The van der Waals surface area contributed by atoms with Crippen molar-refractivity contribution in [2.45, 2.75) is 50.8 Å². The first kappa shape index (κ1) is 31.2. The van der Waals surface area contributed by atoms with E-state index in [0.29, 0.717) is 5.92 Å². The lowest BCUT2D eigenvalue weighted by Gasteiger charge is -2.46. The van der Waals surface area contributed by atoms with Crippen LogP contribution in [-0.2, 0) is 20.9 Å². The van der Waals surface area contributed by atoms with Gasteiger partial charge in [-0.1, -0.05) is 0 Å². The Morgan fingerprint density at radius 1 is 1.11 bits per heavy atom. The number of thiazole rings is 1. The maximum atomic E-state index is 10.6. The van der Waals surface area contributed by atoms with Crippen LogP contribution in [0.1, 0.15) is 23.5 Å². The Balaban J connectivity index is 0.000000301. The van der Waals surface area contributed by atoms with E-state index in [4.69, 9.17) is 24.5 Å². The van der Waals surface area contributed by atoms with Crippen molar-refractivity contribution in [3.8, 4) is 0 Å². The van der Waals surface area contributed by atoms with E-state index in [1.165, 1.54) is 11.4 Å². The molecule has 4 rings (SSSR count). The molecule has 2 aromatic rings. The molecule has 0 amide bonds. The first-order valence-electron chi connectivity index (χ1n) is 11.1. The van der Waals surface area contributed by atoms with Gasteiger partial charge >= 0.3 is 24.3 Å². The van der Waals surface area contributed by atoms with Crippen LogP contribution in [0.4, 0.5) is 32.2 Å². The number of hydrogen-bond acceptors (Lipinski definition) is 9. The van der Waals surface area contributed by atoms with Gasteiger partial charge in [-0.3, -0.25) is 4.90 Å². The van der Waals surface area contributed by atoms with Crippen LogP contribution in [0.25, 0.3) is 0 Å². The lowest BCUT2D eigenvalue weighted by atomic mass is 9.85. The molecule has 4 heterocycles. The molecule has 2 aliphatic rings. The molecule has 0 aromatic carbocycles. The molecule has 0 bridgehead atoms. The zero-order chi connectivity index (χ0) is 28.5. The van der Waals surface area contributed by atoms with Gasteiger partial charge in [0.2, 0.25) is 0 Å². The molecule has 212 valence electrons. The molecule has 38 heavy (non-hydrogen) atoms. The lowest BCUT2D eigenvalue weighted by molar-refractivity contribution is -0.193. The minimum atomic E-state index is -5.08. The number of rotatable bonds is 4. The Bertz CT molecular complexity index is 999. The number of aliphatic carboxylic acids is 2. The summed E-state index contributed by atoms with van der Waals surface area (Å²) >= 11 is 1.73. The summed E-state index contributed by atoms with van der Waals surface area (Å²) in [5, 5.41) is 29.5. The number of carbonyl (C=O) groups is 2. The van der Waals surface area contributed by atoms with Gasteiger partial charge in [-0.05, 0) is 37.8 Å². The van der Waals surface area contributed by atoms with Gasteiger partial charge < -0.3 is 20.3 Å². The zero-order valence-electron chi connectivity index (χ0n) is 19.9. The van der Waals surface area contributed by atoms with Crippen LogP contribution >= 0.6 is 11.3 Å². The molecule has 0 spiro atoms. The quantitative estimate of drug-likeness (QED) is 0.465. The monoisotopic (exact) mass is 573 g/mol. The number of nitrogens with zero attached hydrogens (tertiary/aromatic N) is 4. The molecule has 0 saturated carbocycles. The smallest absolute Gasteiger partial charge is 0.475 e. The van der Waals surface area contributed by atoms with Crippen molar-refractivity contribution in [1.29, 1.82) is 0 Å². The summed E-state index contributed by atoms with van der Waals surface area (Å²) in [6.45, 7) is 5.76. The Hall–Kier alpha value is -3.05. The van der Waals surface area contributed by atoms with Gasteiger partial charge in [0.15, 0.2) is 0 Å². The van der Waals surface area contributed by atoms with Gasteiger partial charge in [0.25, 0.3) is 0 Å². The summed E-state index contributed by atoms with van der Waals surface area (Å²) in [5.41, 5.74) is 0.932. The number of carboxylic acids is 2. The Labute approximate surface area is 216 Å². The summed E-state index contributed by atoms with van der Waals surface area (Å²) in [6.07, 6.45) is -5.64. The Morgan fingerprint density at radius 2 is 1.74 bits per heavy atom. The number of halogens is 6. The van der Waals surface area contributed by atoms with E-state index in [9.17, 15) is 26.3 Å². The molecule has 3 atom stereocenters. The number of hydrogen-bond donors (Lipinski definition) is 3. The summed E-state index contributed by atoms with van der Waals surface area (Å²) in [4.78, 5) is 24.7. The molecule has 2 aromatic heterocycles. The van der Waals surface area contributed by atoms with Gasteiger partial charge in [0.1, 0.15) is 10.8 Å². The molecule has 0 aliphatic carbocycles. The number of carboxylic acid groups (broad SMARTS) is 2. The highest BCUT2D eigenvalue weighted by molar-refractivity contribution is 7.09. The highest BCUT2D eigenvalue weighted by atomic mass is 32.1. The number of aryl methyl sites for hydroxylation is 1. The third-order valence-corrected chi connectivity index (χ3v) is 6.06. The second kappa shape index (κ2) is 13.7. The van der Waals surface area contributed by atoms with Crippen molar-refractivity contribution in [1.82, 2.24) is 20.1 Å². The molecule has 10 nitrogen and oxygen atoms in total. The standard InChI is InChI=1S/C17H23N5OS.2C2HF3O2/c1-12-4-5-15(21-20-12)19-14-10-22(11-16-18-6-8-24-16)9-13-3-2-7-23-17(13)14;2*3-2(4,5)1(6)7/h4-6,8,13-14,17H,2-3,7,9-11H2,1H3,(H,19,21);2*(H,6,7)/t13-,14+,17-;;/m0../s1. The number of aromatic nitrogens is 3. The molecule has 2 aliphatic heterocycles. The largest absolute Gasteiger partial charge is 0.490 e. The van der Waals surface area contributed by atoms with Crippen LogP contribution in [0.15, 0.2) is 23.7 Å². The first-order chi connectivity index (χ1) is 17.7. The van der Waals surface area contributed by atoms with Crippen molar-refractivity contribution < 1.29 is 50.9 Å². The van der Waals surface area contributed by atoms with Crippen molar-refractivity contribution in [2.75, 3.05) is 25.0 Å². The third kappa shape index (κ3) is 10.4. The SMILES string of the molecule is Cc1ccc(N[C@@H]2CN(Cc3nccs3)C[C@@H]3CCCO[C@@H]32)nn1.O=C(O)C(F)(F)F.O=C(O)C(F)(F)F. The number of piperidine rings is 1. The topological polar surface area (TPSA) is 138 Å². The van der Waals surface area contributed by atoms with Crippen LogP contribution in [0.3, 0.4) is 0 Å². The van der Waals surface area contributed by atoms with Gasteiger partial charge in [-0.15, -0.1) is 16.4 Å². The van der Waals surface area contributed by atoms with E-state index in [1.807, 2.05) is 30.6 Å². The average molecular weight is 574 g/mol. The number of likely N-dealkylation sites (tertiary alicyclic amines) is 1. The van der Waals surface area contributed by atoms with Crippen molar-refractivity contribution in [3.63, 3.8) is 0 Å². The van der Waals surface area contributed by atoms with Crippen LogP contribution in [0.2, 0.25) is 0 Å². The molecule has 0 radical (unpaired) electrons. The Morgan fingerprint density at radius 3 is 2.24 bits per heavy atom. The summed E-state index contributed by atoms with van der Waals surface area (Å²) in [6, 6.07) is 4.23. The van der Waals surface area contributed by atoms with E-state index < -0.39 is 24.3 Å². The predicted molar refractivity (Wildman–Crippen MR) is 121 cm³/mol. The summed E-state index contributed by atoms with van der Waals surface area (Å²) < 4.78 is 69.6. The van der Waals surface area contributed by atoms with Gasteiger partial charge in [0, 0.05) is 31.3 Å². The third-order valence-electron chi connectivity index (χ3n) is 5.30. The van der Waals surface area contributed by atoms with Crippen molar-refractivity contribution in [3.05, 3.63) is 34.4 Å². The molecule has 17 heteroatoms. The maximum Gasteiger partial charge on any atom is 0.490 e. The van der Waals surface area contributed by atoms with E-state index in [1.54, 1.807) is 11.3 Å². The number of anilines is 1. The maximum absolute atomic E-state index is 10.6. The van der Waals surface area contributed by atoms with Crippen LogP contribution < -0.4 is 5.32 Å². The van der Waals surface area contributed by atoms with E-state index in [0.717, 1.165) is 44.2 Å². The highest BCUT2D eigenvalue weighted by Gasteiger charge is 2.40. The molecule has 2 saturated heterocycles. The highest BCUT2D eigenvalue weighted by Crippen LogP contribution is 2.31. The van der Waals surface area contributed by atoms with Crippen molar-refractivity contribution in [2.24, 2.45) is 5.92 Å². The number of alkyl halides is 6. The molecular weight excluding hydrogens is 548 g/mol. The van der Waals surface area contributed by atoms with Crippen LogP contribution in [0.5, 0.6) is 0 Å². The number of nitrogens with one attached hydrogen (secondary N) is 1. The second-order valence-electron chi connectivity index (χ2n) is 8.27. The van der Waals surface area contributed by atoms with Crippen molar-refractivity contribution >= 4 is 29.1 Å².